The van der Waals surface area contributed by atoms with E-state index < -0.39 is 18.2 Å². The first-order valence-corrected chi connectivity index (χ1v) is 5.03. The Balaban J connectivity index is 4.25. The number of rotatable bonds is 6. The van der Waals surface area contributed by atoms with Gasteiger partial charge in [0.15, 0.2) is 0 Å². The van der Waals surface area contributed by atoms with Crippen LogP contribution in [0.5, 0.6) is 0 Å². The van der Waals surface area contributed by atoms with Crippen molar-refractivity contribution in [3.63, 3.8) is 0 Å². The van der Waals surface area contributed by atoms with Gasteiger partial charge in [0.1, 0.15) is 12.2 Å². The summed E-state index contributed by atoms with van der Waals surface area (Å²) in [6, 6.07) is 0. The quantitative estimate of drug-likeness (QED) is 0.542. The van der Waals surface area contributed by atoms with Gasteiger partial charge in [-0.25, -0.2) is 4.79 Å². The number of carbonyl (C=O) groups is 1. The van der Waals surface area contributed by atoms with Crippen molar-refractivity contribution in [3.05, 3.63) is 24.3 Å². The lowest BCUT2D eigenvalue weighted by atomic mass is 9.99. The molecule has 1 atom stereocenters. The number of allylic oxidation sites excluding steroid dienone is 2. The molecule has 0 saturated carbocycles. The van der Waals surface area contributed by atoms with Gasteiger partial charge in [-0.3, -0.25) is 0 Å². The lowest BCUT2D eigenvalue weighted by Gasteiger charge is -2.25. The molecule has 0 spiro atoms. The third-order valence-corrected chi connectivity index (χ3v) is 2.10. The van der Waals surface area contributed by atoms with Crippen LogP contribution in [0.1, 0.15) is 33.6 Å². The van der Waals surface area contributed by atoms with Crippen molar-refractivity contribution >= 4 is 5.97 Å². The van der Waals surface area contributed by atoms with Crippen LogP contribution in [0.2, 0.25) is 0 Å². The molecule has 0 fully saturated rings. The molecular formula is C12H20O3. The number of hydrogen-bond donors (Lipinski definition) is 1. The van der Waals surface area contributed by atoms with Crippen LogP contribution in [0.15, 0.2) is 24.3 Å². The molecule has 0 aliphatic carbocycles. The second kappa shape index (κ2) is 6.40. The van der Waals surface area contributed by atoms with E-state index in [4.69, 9.17) is 9.84 Å². The van der Waals surface area contributed by atoms with Crippen molar-refractivity contribution in [2.75, 3.05) is 6.61 Å². The van der Waals surface area contributed by atoms with Crippen LogP contribution < -0.4 is 0 Å². The molecule has 0 aliphatic rings. The van der Waals surface area contributed by atoms with Crippen LogP contribution in [0.25, 0.3) is 0 Å². The zero-order chi connectivity index (χ0) is 11.9. The van der Waals surface area contributed by atoms with Gasteiger partial charge < -0.3 is 9.84 Å². The first-order valence-electron chi connectivity index (χ1n) is 5.03. The lowest BCUT2D eigenvalue weighted by molar-refractivity contribution is -0.157. The summed E-state index contributed by atoms with van der Waals surface area (Å²) in [5.74, 6) is -0.616. The summed E-state index contributed by atoms with van der Waals surface area (Å²) in [6.45, 7) is 8.87. The second-order valence-electron chi connectivity index (χ2n) is 3.97. The Labute approximate surface area is 91.4 Å². The van der Waals surface area contributed by atoms with E-state index >= 15 is 0 Å². The molecule has 3 heteroatoms. The number of carbonyl (C=O) groups excluding carboxylic acids is 1. The SMILES string of the molecule is C=CC(C)(CCC=C(C)C)OC(=O)CO. The summed E-state index contributed by atoms with van der Waals surface area (Å²) in [7, 11) is 0. The van der Waals surface area contributed by atoms with Crippen LogP contribution in [0, 0.1) is 0 Å². The fourth-order valence-corrected chi connectivity index (χ4v) is 1.13. The molecule has 0 aromatic heterocycles. The highest BCUT2D eigenvalue weighted by molar-refractivity contribution is 5.71. The fraction of sp³-hybridized carbons (Fsp3) is 0.583. The smallest absolute Gasteiger partial charge is 0.332 e. The Hall–Kier alpha value is -1.09. The highest BCUT2D eigenvalue weighted by Crippen LogP contribution is 2.20. The van der Waals surface area contributed by atoms with Gasteiger partial charge in [-0.15, -0.1) is 0 Å². The minimum absolute atomic E-state index is 0.591. The third-order valence-electron chi connectivity index (χ3n) is 2.10. The van der Waals surface area contributed by atoms with E-state index in [0.29, 0.717) is 6.42 Å². The van der Waals surface area contributed by atoms with E-state index in [-0.39, 0.29) is 0 Å². The van der Waals surface area contributed by atoms with E-state index in [2.05, 4.69) is 12.7 Å². The van der Waals surface area contributed by atoms with Gasteiger partial charge in [-0.2, -0.15) is 0 Å². The van der Waals surface area contributed by atoms with E-state index in [9.17, 15) is 4.79 Å². The third kappa shape index (κ3) is 6.07. The molecule has 0 saturated heterocycles. The predicted octanol–water partition coefficient (Wildman–Crippen LogP) is 2.21. The Bertz CT molecular complexity index is 252. The molecule has 1 unspecified atom stereocenters. The van der Waals surface area contributed by atoms with Gasteiger partial charge in [0.25, 0.3) is 0 Å². The van der Waals surface area contributed by atoms with Crippen molar-refractivity contribution in [1.82, 2.24) is 0 Å². The number of hydrogen-bond acceptors (Lipinski definition) is 3. The molecule has 0 aromatic carbocycles. The number of aliphatic hydroxyl groups excluding tert-OH is 1. The molecule has 0 bridgehead atoms. The van der Waals surface area contributed by atoms with Crippen LogP contribution in [0.4, 0.5) is 0 Å². The van der Waals surface area contributed by atoms with Gasteiger partial charge in [0, 0.05) is 0 Å². The zero-order valence-corrected chi connectivity index (χ0v) is 9.75. The fourth-order valence-electron chi connectivity index (χ4n) is 1.13. The Kier molecular flexibility index (Phi) is 5.94. The average Bonchev–Trinajstić information content (AvgIpc) is 2.17. The van der Waals surface area contributed by atoms with Crippen molar-refractivity contribution in [1.29, 1.82) is 0 Å². The molecule has 0 aromatic rings. The van der Waals surface area contributed by atoms with Crippen molar-refractivity contribution in [2.24, 2.45) is 0 Å². The Morgan fingerprint density at radius 3 is 2.53 bits per heavy atom. The molecule has 15 heavy (non-hydrogen) atoms. The molecular weight excluding hydrogens is 192 g/mol. The summed E-state index contributed by atoms with van der Waals surface area (Å²) in [4.78, 5) is 10.9. The minimum atomic E-state index is -0.689. The molecule has 0 amide bonds. The minimum Gasteiger partial charge on any atom is -0.453 e. The second-order valence-corrected chi connectivity index (χ2v) is 3.97. The van der Waals surface area contributed by atoms with Gasteiger partial charge in [0.05, 0.1) is 0 Å². The molecule has 86 valence electrons. The van der Waals surface area contributed by atoms with Gasteiger partial charge in [-0.05, 0) is 39.7 Å². The summed E-state index contributed by atoms with van der Waals surface area (Å²) in [5, 5.41) is 8.59. The highest BCUT2D eigenvalue weighted by Gasteiger charge is 2.23. The monoisotopic (exact) mass is 212 g/mol. The molecule has 1 N–H and O–H groups in total. The lowest BCUT2D eigenvalue weighted by Crippen LogP contribution is -2.30. The number of esters is 1. The van der Waals surface area contributed by atoms with E-state index in [1.807, 2.05) is 13.8 Å². The van der Waals surface area contributed by atoms with Crippen LogP contribution >= 0.6 is 0 Å². The maximum atomic E-state index is 10.9. The van der Waals surface area contributed by atoms with E-state index in [1.165, 1.54) is 5.57 Å². The molecule has 0 heterocycles. The maximum absolute atomic E-state index is 10.9. The highest BCUT2D eigenvalue weighted by atomic mass is 16.6. The normalized spacial score (nSPS) is 13.9. The largest absolute Gasteiger partial charge is 0.453 e. The summed E-state index contributed by atoms with van der Waals surface area (Å²) in [6.07, 6.45) is 5.17. The van der Waals surface area contributed by atoms with Crippen LogP contribution in [-0.2, 0) is 9.53 Å². The first-order chi connectivity index (χ1) is 6.93. The average molecular weight is 212 g/mol. The van der Waals surface area contributed by atoms with Gasteiger partial charge in [-0.1, -0.05) is 18.2 Å². The predicted molar refractivity (Wildman–Crippen MR) is 60.4 cm³/mol. The number of ether oxygens (including phenoxy) is 1. The maximum Gasteiger partial charge on any atom is 0.332 e. The number of aliphatic hydroxyl groups is 1. The van der Waals surface area contributed by atoms with Crippen LogP contribution in [0.3, 0.4) is 0 Å². The Morgan fingerprint density at radius 2 is 2.13 bits per heavy atom. The van der Waals surface area contributed by atoms with Gasteiger partial charge >= 0.3 is 5.97 Å². The Morgan fingerprint density at radius 1 is 1.53 bits per heavy atom. The molecule has 0 radical (unpaired) electrons. The first kappa shape index (κ1) is 13.9. The van der Waals surface area contributed by atoms with Crippen molar-refractivity contribution < 1.29 is 14.6 Å². The van der Waals surface area contributed by atoms with Crippen molar-refractivity contribution in [3.8, 4) is 0 Å². The van der Waals surface area contributed by atoms with Crippen LogP contribution in [-0.4, -0.2) is 23.3 Å². The molecule has 0 aliphatic heterocycles. The van der Waals surface area contributed by atoms with E-state index in [0.717, 1.165) is 6.42 Å². The standard InChI is InChI=1S/C12H20O3/c1-5-12(4,15-11(14)9-13)8-6-7-10(2)3/h5,7,13H,1,6,8-9H2,2-4H3. The summed E-state index contributed by atoms with van der Waals surface area (Å²) < 4.78 is 5.08. The molecule has 3 nitrogen and oxygen atoms in total. The summed E-state index contributed by atoms with van der Waals surface area (Å²) >= 11 is 0. The zero-order valence-electron chi connectivity index (χ0n) is 9.75. The van der Waals surface area contributed by atoms with Gasteiger partial charge in [0.2, 0.25) is 0 Å². The van der Waals surface area contributed by atoms with E-state index in [1.54, 1.807) is 13.0 Å². The summed E-state index contributed by atoms with van der Waals surface area (Å²) in [5.41, 5.74) is 0.543. The molecule has 0 rings (SSSR count). The van der Waals surface area contributed by atoms with Crippen molar-refractivity contribution in [2.45, 2.75) is 39.2 Å². The topological polar surface area (TPSA) is 46.5 Å².